The fraction of sp³-hybridized carbons (Fsp3) is 0.250. The zero-order chi connectivity index (χ0) is 17.8. The topological polar surface area (TPSA) is 60.0 Å². The summed E-state index contributed by atoms with van der Waals surface area (Å²) >= 11 is 0. The van der Waals surface area contributed by atoms with Crippen molar-refractivity contribution >= 4 is 11.5 Å². The fourth-order valence-electron chi connectivity index (χ4n) is 3.13. The van der Waals surface area contributed by atoms with E-state index >= 15 is 0 Å². The van der Waals surface area contributed by atoms with Gasteiger partial charge in [0.05, 0.1) is 18.6 Å². The molecule has 132 valence electrons. The molecule has 3 aromatic heterocycles. The lowest BCUT2D eigenvalue weighted by atomic mass is 10.0. The zero-order valence-electron chi connectivity index (χ0n) is 14.8. The molecule has 6 heteroatoms. The van der Waals surface area contributed by atoms with E-state index in [2.05, 4.69) is 62.2 Å². The maximum absolute atomic E-state index is 4.63. The van der Waals surface area contributed by atoms with Crippen LogP contribution in [0.2, 0.25) is 0 Å². The summed E-state index contributed by atoms with van der Waals surface area (Å²) in [7, 11) is 0. The molecule has 0 saturated carbocycles. The highest BCUT2D eigenvalue weighted by atomic mass is 15.3. The Labute approximate surface area is 152 Å². The molecule has 0 saturated heterocycles. The Morgan fingerprint density at radius 1 is 1.12 bits per heavy atom. The Morgan fingerprint density at radius 2 is 2.00 bits per heavy atom. The summed E-state index contributed by atoms with van der Waals surface area (Å²) in [6.07, 6.45) is 9.28. The third kappa shape index (κ3) is 3.44. The van der Waals surface area contributed by atoms with Crippen molar-refractivity contribution in [1.29, 1.82) is 0 Å². The molecule has 1 N–H and O–H groups in total. The Balaban J connectivity index is 1.65. The van der Waals surface area contributed by atoms with Crippen LogP contribution in [-0.4, -0.2) is 24.1 Å². The monoisotopic (exact) mass is 346 g/mol. The summed E-state index contributed by atoms with van der Waals surface area (Å²) in [5.41, 5.74) is 3.18. The number of imidazole rings is 1. The van der Waals surface area contributed by atoms with Crippen molar-refractivity contribution in [3.8, 4) is 0 Å². The van der Waals surface area contributed by atoms with E-state index in [4.69, 9.17) is 0 Å². The quantitative estimate of drug-likeness (QED) is 0.554. The van der Waals surface area contributed by atoms with Crippen LogP contribution in [0.3, 0.4) is 0 Å². The van der Waals surface area contributed by atoms with E-state index in [0.717, 1.165) is 36.5 Å². The largest absolute Gasteiger partial charge is 0.363 e. The highest BCUT2D eigenvalue weighted by molar-refractivity contribution is 5.50. The van der Waals surface area contributed by atoms with Crippen LogP contribution >= 0.6 is 0 Å². The summed E-state index contributed by atoms with van der Waals surface area (Å²) < 4.78 is 3.97. The number of aromatic nitrogens is 5. The van der Waals surface area contributed by atoms with E-state index in [-0.39, 0.29) is 6.04 Å². The molecule has 0 bridgehead atoms. The van der Waals surface area contributed by atoms with Crippen molar-refractivity contribution in [3.05, 3.63) is 78.6 Å². The minimum absolute atomic E-state index is 0.165. The second-order valence-electron chi connectivity index (χ2n) is 6.28. The highest BCUT2D eigenvalue weighted by Gasteiger charge is 2.14. The first-order chi connectivity index (χ1) is 12.8. The van der Waals surface area contributed by atoms with Gasteiger partial charge in [-0.25, -0.2) is 9.97 Å². The second-order valence-corrected chi connectivity index (χ2v) is 6.28. The molecule has 1 aromatic carbocycles. The van der Waals surface area contributed by atoms with Gasteiger partial charge in [-0.15, -0.1) is 0 Å². The third-order valence-electron chi connectivity index (χ3n) is 4.53. The molecule has 0 fully saturated rings. The molecule has 6 nitrogen and oxygen atoms in total. The number of hydrogen-bond acceptors (Lipinski definition) is 4. The number of nitrogens with one attached hydrogen (secondary N) is 1. The number of anilines is 1. The summed E-state index contributed by atoms with van der Waals surface area (Å²) in [4.78, 5) is 8.76. The lowest BCUT2D eigenvalue weighted by Crippen LogP contribution is -2.16. The molecule has 0 unspecified atom stereocenters. The standard InChI is InChI=1S/C20H22N6/c1-2-17-14-20(26-19(23-17)8-10-22-26)24-18(16-6-4-3-5-7-16)9-12-25-13-11-21-15-25/h3-8,10-11,13-15,18,24H,2,9,12H2,1H3/t18-/m0/s1. The number of fused-ring (bicyclic) bond motifs is 1. The average Bonchev–Trinajstić information content (AvgIpc) is 3.37. The summed E-state index contributed by atoms with van der Waals surface area (Å²) in [6.45, 7) is 3.01. The zero-order valence-corrected chi connectivity index (χ0v) is 14.8. The number of benzene rings is 1. The molecule has 0 spiro atoms. The fourth-order valence-corrected chi connectivity index (χ4v) is 3.13. The average molecular weight is 346 g/mol. The molecule has 0 radical (unpaired) electrons. The van der Waals surface area contributed by atoms with Gasteiger partial charge in [0.15, 0.2) is 5.65 Å². The van der Waals surface area contributed by atoms with Crippen LogP contribution in [0.5, 0.6) is 0 Å². The number of aryl methyl sites for hydroxylation is 2. The maximum Gasteiger partial charge on any atom is 0.157 e. The van der Waals surface area contributed by atoms with Gasteiger partial charge in [-0.1, -0.05) is 37.3 Å². The first-order valence-electron chi connectivity index (χ1n) is 8.94. The van der Waals surface area contributed by atoms with Crippen LogP contribution in [0, 0.1) is 0 Å². The van der Waals surface area contributed by atoms with Crippen LogP contribution in [0.4, 0.5) is 5.82 Å². The van der Waals surface area contributed by atoms with Crippen molar-refractivity contribution in [2.75, 3.05) is 5.32 Å². The first-order valence-corrected chi connectivity index (χ1v) is 8.94. The van der Waals surface area contributed by atoms with E-state index in [9.17, 15) is 0 Å². The lowest BCUT2D eigenvalue weighted by Gasteiger charge is -2.21. The van der Waals surface area contributed by atoms with Crippen molar-refractivity contribution in [3.63, 3.8) is 0 Å². The minimum atomic E-state index is 0.165. The van der Waals surface area contributed by atoms with Gasteiger partial charge in [-0.2, -0.15) is 9.61 Å². The van der Waals surface area contributed by atoms with E-state index in [0.29, 0.717) is 0 Å². The van der Waals surface area contributed by atoms with Gasteiger partial charge >= 0.3 is 0 Å². The van der Waals surface area contributed by atoms with Gasteiger partial charge in [-0.3, -0.25) is 0 Å². The van der Waals surface area contributed by atoms with Crippen molar-refractivity contribution < 1.29 is 0 Å². The van der Waals surface area contributed by atoms with Gasteiger partial charge in [-0.05, 0) is 18.4 Å². The van der Waals surface area contributed by atoms with Gasteiger partial charge < -0.3 is 9.88 Å². The van der Waals surface area contributed by atoms with E-state index in [1.165, 1.54) is 5.56 Å². The Hall–Kier alpha value is -3.15. The molecule has 0 aliphatic carbocycles. The number of hydrogen-bond donors (Lipinski definition) is 1. The lowest BCUT2D eigenvalue weighted by molar-refractivity contribution is 0.580. The predicted octanol–water partition coefficient (Wildman–Crippen LogP) is 3.73. The minimum Gasteiger partial charge on any atom is -0.363 e. The third-order valence-corrected chi connectivity index (χ3v) is 4.53. The van der Waals surface area contributed by atoms with E-state index < -0.39 is 0 Å². The number of nitrogens with zero attached hydrogens (tertiary/aromatic N) is 5. The van der Waals surface area contributed by atoms with Gasteiger partial charge in [0.2, 0.25) is 0 Å². The molecule has 0 aliphatic heterocycles. The molecule has 4 aromatic rings. The molecular weight excluding hydrogens is 324 g/mol. The highest BCUT2D eigenvalue weighted by Crippen LogP contribution is 2.24. The van der Waals surface area contributed by atoms with Gasteiger partial charge in [0.1, 0.15) is 5.82 Å². The smallest absolute Gasteiger partial charge is 0.157 e. The van der Waals surface area contributed by atoms with E-state index in [1.807, 2.05) is 35.4 Å². The molecule has 26 heavy (non-hydrogen) atoms. The van der Waals surface area contributed by atoms with Crippen molar-refractivity contribution in [1.82, 2.24) is 24.1 Å². The van der Waals surface area contributed by atoms with Crippen LogP contribution in [-0.2, 0) is 13.0 Å². The Morgan fingerprint density at radius 3 is 2.77 bits per heavy atom. The van der Waals surface area contributed by atoms with Crippen LogP contribution < -0.4 is 5.32 Å². The summed E-state index contributed by atoms with van der Waals surface area (Å²) in [5, 5.41) is 8.12. The predicted molar refractivity (Wildman–Crippen MR) is 102 cm³/mol. The first kappa shape index (κ1) is 16.3. The molecule has 0 aliphatic rings. The Bertz CT molecular complexity index is 959. The molecule has 0 amide bonds. The van der Waals surface area contributed by atoms with Gasteiger partial charge in [0.25, 0.3) is 0 Å². The molecular formula is C20H22N6. The molecule has 4 rings (SSSR count). The number of rotatable bonds is 7. The van der Waals surface area contributed by atoms with Crippen LogP contribution in [0.1, 0.15) is 30.6 Å². The van der Waals surface area contributed by atoms with E-state index in [1.54, 1.807) is 6.20 Å². The maximum atomic E-state index is 4.63. The Kier molecular flexibility index (Phi) is 4.64. The van der Waals surface area contributed by atoms with Crippen LogP contribution in [0.25, 0.3) is 5.65 Å². The molecule has 1 atom stereocenters. The van der Waals surface area contributed by atoms with Crippen molar-refractivity contribution in [2.24, 2.45) is 0 Å². The molecule has 3 heterocycles. The summed E-state index contributed by atoms with van der Waals surface area (Å²) in [5.74, 6) is 0.969. The van der Waals surface area contributed by atoms with Crippen molar-refractivity contribution in [2.45, 2.75) is 32.4 Å². The SMILES string of the molecule is CCc1cc(N[C@@H](CCn2ccnc2)c2ccccc2)n2nccc2n1. The normalized spacial score (nSPS) is 12.3. The van der Waals surface area contributed by atoms with Crippen LogP contribution in [0.15, 0.2) is 67.4 Å². The second kappa shape index (κ2) is 7.39. The van der Waals surface area contributed by atoms with Gasteiger partial charge in [0, 0.05) is 36.8 Å². The summed E-state index contributed by atoms with van der Waals surface area (Å²) in [6, 6.07) is 14.7.